The van der Waals surface area contributed by atoms with Crippen molar-refractivity contribution in [3.63, 3.8) is 0 Å². The van der Waals surface area contributed by atoms with Crippen molar-refractivity contribution >= 4 is 39.0 Å². The molecule has 5 rings (SSSR count). The maximum absolute atomic E-state index is 13.0. The number of thiophene rings is 1. The van der Waals surface area contributed by atoms with Crippen molar-refractivity contribution in [2.45, 2.75) is 58.1 Å². The third kappa shape index (κ3) is 4.06. The Bertz CT molecular complexity index is 1220. The normalized spacial score (nSPS) is 24.8. The molecule has 3 atom stereocenters. The van der Waals surface area contributed by atoms with Crippen LogP contribution in [0.3, 0.4) is 0 Å². The molecule has 1 aliphatic carbocycles. The summed E-state index contributed by atoms with van der Waals surface area (Å²) in [7, 11) is 0. The molecule has 0 radical (unpaired) electrons. The highest BCUT2D eigenvalue weighted by atomic mass is 32.1. The molecule has 0 aromatic carbocycles. The number of hydrogen-bond acceptors (Lipinski definition) is 7. The molecule has 3 aromatic heterocycles. The summed E-state index contributed by atoms with van der Waals surface area (Å²) >= 11 is 1.35. The number of carbonyl (C=O) groups excluding carboxylic acids is 1. The fourth-order valence-corrected chi connectivity index (χ4v) is 6.24. The van der Waals surface area contributed by atoms with Crippen LogP contribution in [0, 0.1) is 12.8 Å². The number of carbonyl (C=O) groups is 1. The van der Waals surface area contributed by atoms with E-state index in [4.69, 9.17) is 10.7 Å². The zero-order chi connectivity index (χ0) is 23.3. The Balaban J connectivity index is 1.28. The van der Waals surface area contributed by atoms with Gasteiger partial charge < -0.3 is 21.1 Å². The van der Waals surface area contributed by atoms with Crippen molar-refractivity contribution < 1.29 is 9.90 Å². The number of aliphatic hydroxyl groups is 1. The molecule has 33 heavy (non-hydrogen) atoms. The van der Waals surface area contributed by atoms with E-state index < -0.39 is 5.60 Å². The number of anilines is 2. The van der Waals surface area contributed by atoms with Crippen LogP contribution < -0.4 is 16.0 Å². The monoisotopic (exact) mass is 465 g/mol. The molecule has 4 heterocycles. The summed E-state index contributed by atoms with van der Waals surface area (Å²) in [5.41, 5.74) is 9.28. The van der Waals surface area contributed by atoms with Crippen LogP contribution in [-0.4, -0.2) is 45.7 Å². The van der Waals surface area contributed by atoms with Gasteiger partial charge in [-0.1, -0.05) is 13.0 Å². The first kappa shape index (κ1) is 22.1. The van der Waals surface area contributed by atoms with Crippen molar-refractivity contribution in [3.05, 3.63) is 46.1 Å². The zero-order valence-corrected chi connectivity index (χ0v) is 20.2. The van der Waals surface area contributed by atoms with Gasteiger partial charge in [-0.2, -0.15) is 0 Å². The van der Waals surface area contributed by atoms with Crippen LogP contribution >= 0.6 is 11.3 Å². The Kier molecular flexibility index (Phi) is 5.53. The maximum Gasteiger partial charge on any atom is 0.263 e. The van der Waals surface area contributed by atoms with Crippen molar-refractivity contribution in [2.75, 3.05) is 23.7 Å². The van der Waals surface area contributed by atoms with Gasteiger partial charge >= 0.3 is 0 Å². The number of amides is 1. The van der Waals surface area contributed by atoms with Crippen molar-refractivity contribution in [3.8, 4) is 0 Å². The summed E-state index contributed by atoms with van der Waals surface area (Å²) in [6.45, 7) is 7.43. The minimum Gasteiger partial charge on any atom is -0.397 e. The van der Waals surface area contributed by atoms with Crippen LogP contribution in [0.2, 0.25) is 0 Å². The summed E-state index contributed by atoms with van der Waals surface area (Å²) in [6.07, 6.45) is 3.37. The van der Waals surface area contributed by atoms with Crippen LogP contribution in [-0.2, 0) is 12.8 Å². The number of fused-ring (bicyclic) bond motifs is 2. The summed E-state index contributed by atoms with van der Waals surface area (Å²) in [5, 5.41) is 14.7. The summed E-state index contributed by atoms with van der Waals surface area (Å²) < 4.78 is 0. The summed E-state index contributed by atoms with van der Waals surface area (Å²) in [6, 6.07) is 8.08. The van der Waals surface area contributed by atoms with Gasteiger partial charge in [0.2, 0.25) is 0 Å². The lowest BCUT2D eigenvalue weighted by Crippen LogP contribution is -2.39. The van der Waals surface area contributed by atoms with Crippen LogP contribution in [0.15, 0.2) is 24.3 Å². The van der Waals surface area contributed by atoms with E-state index in [2.05, 4.69) is 34.3 Å². The van der Waals surface area contributed by atoms with E-state index in [1.54, 1.807) is 0 Å². The second-order valence-electron chi connectivity index (χ2n) is 9.68. The number of aryl methyl sites for hydroxylation is 2. The number of nitrogens with one attached hydrogen (secondary N) is 1. The number of hydrogen-bond donors (Lipinski definition) is 3. The molecule has 1 saturated heterocycles. The van der Waals surface area contributed by atoms with E-state index in [1.807, 2.05) is 26.0 Å². The molecule has 1 amide bonds. The zero-order valence-electron chi connectivity index (χ0n) is 19.4. The number of nitrogens with zero attached hydrogens (tertiary/aromatic N) is 3. The number of pyridine rings is 2. The number of rotatable bonds is 4. The topological polar surface area (TPSA) is 104 Å². The Hall–Kier alpha value is -2.71. The van der Waals surface area contributed by atoms with Gasteiger partial charge in [0, 0.05) is 41.8 Å². The van der Waals surface area contributed by atoms with Gasteiger partial charge in [0.25, 0.3) is 5.91 Å². The van der Waals surface area contributed by atoms with Crippen LogP contribution in [0.4, 0.5) is 11.5 Å². The quantitative estimate of drug-likeness (QED) is 0.545. The second-order valence-corrected chi connectivity index (χ2v) is 10.7. The average molecular weight is 466 g/mol. The molecule has 7 nitrogen and oxygen atoms in total. The number of aromatic nitrogens is 2. The molecular weight excluding hydrogens is 434 g/mol. The Morgan fingerprint density at radius 2 is 2.15 bits per heavy atom. The number of β-amino-alcohol motifs (C(OH)–C–C–N with tert-alkyl or cyclic N) is 1. The Morgan fingerprint density at radius 1 is 1.33 bits per heavy atom. The predicted molar refractivity (Wildman–Crippen MR) is 133 cm³/mol. The lowest BCUT2D eigenvalue weighted by atomic mass is 9.91. The van der Waals surface area contributed by atoms with Gasteiger partial charge in [0.15, 0.2) is 0 Å². The van der Waals surface area contributed by atoms with Crippen LogP contribution in [0.5, 0.6) is 0 Å². The van der Waals surface area contributed by atoms with Gasteiger partial charge in [0.1, 0.15) is 15.5 Å². The first-order valence-electron chi connectivity index (χ1n) is 11.7. The molecule has 174 valence electrons. The average Bonchev–Trinajstić information content (AvgIpc) is 3.28. The smallest absolute Gasteiger partial charge is 0.263 e. The van der Waals surface area contributed by atoms with E-state index in [-0.39, 0.29) is 17.9 Å². The van der Waals surface area contributed by atoms with Gasteiger partial charge in [-0.25, -0.2) is 9.97 Å². The van der Waals surface area contributed by atoms with E-state index in [9.17, 15) is 9.90 Å². The van der Waals surface area contributed by atoms with Gasteiger partial charge in [0.05, 0.1) is 11.3 Å². The Labute approximate surface area is 198 Å². The minimum atomic E-state index is -0.676. The van der Waals surface area contributed by atoms with E-state index in [0.29, 0.717) is 17.1 Å². The SMILES string of the molecule is CC[C@H]1CN(c2ccc3c(n2)CC[C@H](NC(=O)c2sc4nc(C)ccc4c2N)C3)C[C@@]1(C)O. The van der Waals surface area contributed by atoms with Crippen molar-refractivity contribution in [2.24, 2.45) is 5.92 Å². The van der Waals surface area contributed by atoms with Crippen LogP contribution in [0.1, 0.15) is 53.3 Å². The predicted octanol–water partition coefficient (Wildman–Crippen LogP) is 3.47. The lowest BCUT2D eigenvalue weighted by Gasteiger charge is -2.27. The molecule has 1 fully saturated rings. The molecule has 0 saturated carbocycles. The fourth-order valence-electron chi connectivity index (χ4n) is 5.19. The highest BCUT2D eigenvalue weighted by Gasteiger charge is 2.41. The molecule has 4 N–H and O–H groups in total. The molecule has 3 aromatic rings. The third-order valence-electron chi connectivity index (χ3n) is 7.17. The van der Waals surface area contributed by atoms with Crippen molar-refractivity contribution in [1.29, 1.82) is 0 Å². The molecule has 0 spiro atoms. The standard InChI is InChI=1S/C25H31N5O2S/c1-4-16-12-30(13-25(16,3)32)20-10-6-15-11-17(7-9-19(15)29-20)28-23(31)22-21(26)18-8-5-14(2)27-24(18)33-22/h5-6,8,10,16-17,32H,4,7,9,11-13,26H2,1-3H3,(H,28,31)/t16-,17-,25+/m0/s1. The maximum atomic E-state index is 13.0. The molecule has 1 aliphatic heterocycles. The number of nitrogens with two attached hydrogens (primary N) is 1. The largest absolute Gasteiger partial charge is 0.397 e. The molecule has 0 unspecified atom stereocenters. The molecule has 0 bridgehead atoms. The summed E-state index contributed by atoms with van der Waals surface area (Å²) in [5.74, 6) is 1.07. The first-order chi connectivity index (χ1) is 15.7. The lowest BCUT2D eigenvalue weighted by molar-refractivity contribution is 0.0356. The highest BCUT2D eigenvalue weighted by molar-refractivity contribution is 7.21. The van der Waals surface area contributed by atoms with Crippen molar-refractivity contribution in [1.82, 2.24) is 15.3 Å². The van der Waals surface area contributed by atoms with Crippen LogP contribution in [0.25, 0.3) is 10.2 Å². The summed E-state index contributed by atoms with van der Waals surface area (Å²) in [4.78, 5) is 26.0. The highest BCUT2D eigenvalue weighted by Crippen LogP contribution is 2.34. The number of nitrogen functional groups attached to an aromatic ring is 1. The van der Waals surface area contributed by atoms with Gasteiger partial charge in [-0.05, 0) is 63.3 Å². The van der Waals surface area contributed by atoms with E-state index in [0.717, 1.165) is 59.7 Å². The Morgan fingerprint density at radius 3 is 2.91 bits per heavy atom. The van der Waals surface area contributed by atoms with Gasteiger partial charge in [-0.3, -0.25) is 4.79 Å². The molecular formula is C25H31N5O2S. The first-order valence-corrected chi connectivity index (χ1v) is 12.5. The molecule has 2 aliphatic rings. The van der Waals surface area contributed by atoms with Gasteiger partial charge in [-0.15, -0.1) is 11.3 Å². The second kappa shape index (κ2) is 8.25. The fraction of sp³-hybridized carbons (Fsp3) is 0.480. The van der Waals surface area contributed by atoms with E-state index in [1.165, 1.54) is 16.9 Å². The molecule has 8 heteroatoms. The van der Waals surface area contributed by atoms with E-state index >= 15 is 0 Å². The minimum absolute atomic E-state index is 0.0500. The third-order valence-corrected chi connectivity index (χ3v) is 8.29.